The third kappa shape index (κ3) is 16.9. The molecule has 6 amide bonds. The lowest BCUT2D eigenvalue weighted by molar-refractivity contribution is -0.141. The number of anilines is 1. The molecule has 0 aliphatic carbocycles. The molecule has 0 saturated carbocycles. The average Bonchev–Trinajstić information content (AvgIpc) is 3.84. The number of rotatable bonds is 19. The summed E-state index contributed by atoms with van der Waals surface area (Å²) in [5.41, 5.74) is 3.59. The number of guanidine groups is 1. The molecule has 11 N–H and O–H groups in total. The number of hydrogen-bond acceptors (Lipinski definition) is 16. The molecule has 3 heterocycles. The maximum atomic E-state index is 13.9. The van der Waals surface area contributed by atoms with Crippen LogP contribution < -0.4 is 52.7 Å². The number of hydrazone groups is 1. The van der Waals surface area contributed by atoms with Crippen LogP contribution in [0, 0.1) is 5.92 Å². The van der Waals surface area contributed by atoms with E-state index in [9.17, 15) is 51.6 Å². The lowest BCUT2D eigenvalue weighted by Crippen LogP contribution is -2.59. The van der Waals surface area contributed by atoms with Crippen LogP contribution in [0.5, 0.6) is 5.75 Å². The van der Waals surface area contributed by atoms with E-state index in [1.54, 1.807) is 44.2 Å². The molecule has 0 radical (unpaired) electrons. The SMILES string of the molecule is CC(C)[C@H]1NC(=O)C(CCCNC2=NCCN2)NC(=O)CNC(=O)[C@@H](CC(=O)O)NC(=O)[C@@H](Cc2ccc(OCCCNC(=O)c3ccc(N/N=C/c4ccccc4S(=O)(=O)O)nc3)cc2)NC1=O. The molecule has 0 spiro atoms. The molecule has 3 aromatic rings. The number of carboxylic acids is 1. The topological polar surface area (TPSA) is 349 Å². The fraction of sp³-hybridized carbons (Fsp3) is 0.409. The van der Waals surface area contributed by atoms with Crippen molar-refractivity contribution < 1.29 is 56.4 Å². The number of hydrogen-bond donors (Lipinski definition) is 11. The molecule has 1 unspecified atom stereocenters. The van der Waals surface area contributed by atoms with Crippen LogP contribution in [0.4, 0.5) is 5.82 Å². The summed E-state index contributed by atoms with van der Waals surface area (Å²) in [4.78, 5) is 100. The highest BCUT2D eigenvalue weighted by molar-refractivity contribution is 7.86. The van der Waals surface area contributed by atoms with Crippen molar-refractivity contribution in [2.24, 2.45) is 16.0 Å². The molecule has 5 rings (SSSR count). The first-order chi connectivity index (χ1) is 33.0. The Morgan fingerprint density at radius 3 is 2.29 bits per heavy atom. The molecule has 25 heteroatoms. The smallest absolute Gasteiger partial charge is 0.305 e. The van der Waals surface area contributed by atoms with Gasteiger partial charge in [0, 0.05) is 37.8 Å². The third-order valence-electron chi connectivity index (χ3n) is 10.4. The molecule has 1 aromatic heterocycles. The van der Waals surface area contributed by atoms with Gasteiger partial charge in [0.25, 0.3) is 16.0 Å². The highest BCUT2D eigenvalue weighted by Gasteiger charge is 2.34. The highest BCUT2D eigenvalue weighted by atomic mass is 32.2. The summed E-state index contributed by atoms with van der Waals surface area (Å²) < 4.78 is 38.4. The maximum Gasteiger partial charge on any atom is 0.305 e. The summed E-state index contributed by atoms with van der Waals surface area (Å²) in [6, 6.07) is 10.1. The quantitative estimate of drug-likeness (QED) is 0.0298. The van der Waals surface area contributed by atoms with Gasteiger partial charge in [-0.2, -0.15) is 13.5 Å². The van der Waals surface area contributed by atoms with Gasteiger partial charge in [0.05, 0.1) is 37.9 Å². The molecule has 0 bridgehead atoms. The van der Waals surface area contributed by atoms with Crippen LogP contribution in [0.3, 0.4) is 0 Å². The third-order valence-corrected chi connectivity index (χ3v) is 11.4. The standard InChI is InChI=1S/C44H56N12O12S/c1-26(2)38-43(64)54-32(42(63)53-33(22-37(58)59)40(61)50-25-36(57)52-31(41(62)55-38)8-5-16-46-44-47-18-19-48-44)21-27-10-13-30(14-11-27)68-20-6-17-45-39(60)29-12-15-35(49-23-29)56-51-24-28-7-3-4-9-34(28)69(65,66)67/h3-4,7,9-15,23-24,26,31-33,38H,5-6,8,16-22,25H2,1-2H3,(H,45,60)(H,49,56)(H,50,61)(H,52,57)(H,53,63)(H,54,64)(H,55,62)(H,58,59)(H2,46,47,48)(H,65,66,67)/b51-24+/t31?,32-,33-,38-/m1/s1. The normalized spacial score (nSPS) is 19.4. The van der Waals surface area contributed by atoms with Gasteiger partial charge in [0.15, 0.2) is 5.96 Å². The number of carboxylic acid groups (broad SMARTS) is 1. The fourth-order valence-electron chi connectivity index (χ4n) is 6.86. The molecular formula is C44H56N12O12S. The van der Waals surface area contributed by atoms with Crippen LogP contribution in [0.2, 0.25) is 0 Å². The first kappa shape index (κ1) is 52.3. The number of benzene rings is 2. The highest BCUT2D eigenvalue weighted by Crippen LogP contribution is 2.16. The van der Waals surface area contributed by atoms with Gasteiger partial charge >= 0.3 is 5.97 Å². The van der Waals surface area contributed by atoms with Crippen molar-refractivity contribution in [3.8, 4) is 5.75 Å². The maximum absolute atomic E-state index is 13.9. The molecule has 2 aliphatic heterocycles. The Hall–Kier alpha value is -7.67. The van der Waals surface area contributed by atoms with Crippen molar-refractivity contribution in [2.45, 2.75) is 75.0 Å². The summed E-state index contributed by atoms with van der Waals surface area (Å²) >= 11 is 0. The van der Waals surface area contributed by atoms with Crippen molar-refractivity contribution in [2.75, 3.05) is 44.8 Å². The molecule has 2 aromatic carbocycles. The number of aliphatic carboxylic acids is 1. The van der Waals surface area contributed by atoms with Crippen LogP contribution in [-0.2, 0) is 45.3 Å². The van der Waals surface area contributed by atoms with Crippen molar-refractivity contribution in [1.82, 2.24) is 47.5 Å². The van der Waals surface area contributed by atoms with Crippen LogP contribution in [-0.4, -0.2) is 140 Å². The lowest BCUT2D eigenvalue weighted by Gasteiger charge is -2.27. The molecule has 4 atom stereocenters. The van der Waals surface area contributed by atoms with Gasteiger partial charge in [0.1, 0.15) is 40.6 Å². The molecule has 1 fully saturated rings. The number of aromatic nitrogens is 1. The van der Waals surface area contributed by atoms with E-state index in [0.717, 1.165) is 0 Å². The monoisotopic (exact) mass is 976 g/mol. The minimum atomic E-state index is -4.45. The molecule has 2 aliphatic rings. The van der Waals surface area contributed by atoms with Gasteiger partial charge in [-0.05, 0) is 61.1 Å². The summed E-state index contributed by atoms with van der Waals surface area (Å²) in [6.45, 7) is 4.95. The second kappa shape index (κ2) is 25.5. The second-order valence-corrected chi connectivity index (χ2v) is 17.5. The minimum Gasteiger partial charge on any atom is -0.494 e. The Labute approximate surface area is 397 Å². The van der Waals surface area contributed by atoms with Gasteiger partial charge in [-0.1, -0.05) is 44.2 Å². The van der Waals surface area contributed by atoms with Gasteiger partial charge in [-0.15, -0.1) is 0 Å². The predicted molar refractivity (Wildman–Crippen MR) is 250 cm³/mol. The summed E-state index contributed by atoms with van der Waals surface area (Å²) in [7, 11) is -4.45. The van der Waals surface area contributed by atoms with Crippen LogP contribution >= 0.6 is 0 Å². The van der Waals surface area contributed by atoms with Crippen LogP contribution in [0.15, 0.2) is 81.8 Å². The minimum absolute atomic E-state index is 0.120. The van der Waals surface area contributed by atoms with E-state index in [0.29, 0.717) is 49.7 Å². The summed E-state index contributed by atoms with van der Waals surface area (Å²) in [5.74, 6) is -4.95. The van der Waals surface area contributed by atoms with Gasteiger partial charge < -0.3 is 52.4 Å². The van der Waals surface area contributed by atoms with Crippen LogP contribution in [0.1, 0.15) is 61.0 Å². The average molecular weight is 977 g/mol. The number of carbonyl (C=O) groups is 7. The fourth-order valence-corrected chi connectivity index (χ4v) is 7.53. The van der Waals surface area contributed by atoms with E-state index in [2.05, 4.69) is 63.0 Å². The number of nitrogens with one attached hydrogen (secondary N) is 9. The number of nitrogens with zero attached hydrogens (tertiary/aromatic N) is 3. The van der Waals surface area contributed by atoms with E-state index >= 15 is 0 Å². The number of pyridine rings is 1. The zero-order valence-corrected chi connectivity index (χ0v) is 38.6. The molecule has 69 heavy (non-hydrogen) atoms. The van der Waals surface area contributed by atoms with E-state index in [-0.39, 0.29) is 47.8 Å². The second-order valence-electron chi connectivity index (χ2n) is 16.1. The Morgan fingerprint density at radius 1 is 0.870 bits per heavy atom. The largest absolute Gasteiger partial charge is 0.494 e. The zero-order chi connectivity index (χ0) is 49.9. The van der Waals surface area contributed by atoms with E-state index in [1.807, 2.05) is 0 Å². The lowest BCUT2D eigenvalue weighted by atomic mass is 9.99. The molecule has 24 nitrogen and oxygen atoms in total. The van der Waals surface area contributed by atoms with E-state index in [1.165, 1.54) is 42.7 Å². The van der Waals surface area contributed by atoms with Crippen molar-refractivity contribution in [3.63, 3.8) is 0 Å². The first-order valence-corrected chi connectivity index (χ1v) is 23.4. The Balaban J connectivity index is 1.16. The summed E-state index contributed by atoms with van der Waals surface area (Å²) in [5, 5.41) is 35.2. The number of carbonyl (C=O) groups excluding carboxylic acids is 6. The van der Waals surface area contributed by atoms with Gasteiger partial charge in [-0.25, -0.2) is 4.98 Å². The molecule has 1 saturated heterocycles. The molecule has 370 valence electrons. The Morgan fingerprint density at radius 2 is 1.61 bits per heavy atom. The van der Waals surface area contributed by atoms with E-state index < -0.39 is 94.6 Å². The Bertz CT molecular complexity index is 2490. The van der Waals surface area contributed by atoms with Gasteiger partial charge in [0.2, 0.25) is 29.5 Å². The summed E-state index contributed by atoms with van der Waals surface area (Å²) in [6.07, 6.45) is 2.56. The van der Waals surface area contributed by atoms with Crippen LogP contribution in [0.25, 0.3) is 0 Å². The van der Waals surface area contributed by atoms with Crippen molar-refractivity contribution >= 4 is 69.5 Å². The van der Waals surface area contributed by atoms with Gasteiger partial charge in [-0.3, -0.25) is 48.5 Å². The zero-order valence-electron chi connectivity index (χ0n) is 37.8. The Kier molecular flexibility index (Phi) is 19.3. The van der Waals surface area contributed by atoms with Crippen molar-refractivity contribution in [3.05, 3.63) is 83.6 Å². The number of aliphatic imine (C=N–C) groups is 1. The number of ether oxygens (including phenoxy) is 1. The van der Waals surface area contributed by atoms with E-state index in [4.69, 9.17) is 4.74 Å². The molecular weight excluding hydrogens is 921 g/mol. The van der Waals surface area contributed by atoms with Crippen molar-refractivity contribution in [1.29, 1.82) is 0 Å². The number of amides is 6. The predicted octanol–water partition coefficient (Wildman–Crippen LogP) is -0.956. The first-order valence-electron chi connectivity index (χ1n) is 22.0.